The van der Waals surface area contributed by atoms with Crippen molar-refractivity contribution in [1.29, 1.82) is 0 Å². The maximum absolute atomic E-state index is 12.7. The van der Waals surface area contributed by atoms with Crippen molar-refractivity contribution in [2.75, 3.05) is 27.9 Å². The molecular formula is C19H24N2O6S. The number of sulfonamides is 1. The normalized spacial score (nSPS) is 11.0. The van der Waals surface area contributed by atoms with E-state index in [1.165, 1.54) is 39.5 Å². The predicted octanol–water partition coefficient (Wildman–Crippen LogP) is 1.94. The first-order chi connectivity index (χ1) is 13.4. The number of nitrogens with one attached hydrogen (secondary N) is 2. The second-order valence-corrected chi connectivity index (χ2v) is 7.49. The first-order valence-corrected chi connectivity index (χ1v) is 10.0. The van der Waals surface area contributed by atoms with Gasteiger partial charge in [-0.15, -0.1) is 0 Å². The number of hydrogen-bond acceptors (Lipinski definition) is 6. The third-order valence-corrected chi connectivity index (χ3v) is 5.41. The van der Waals surface area contributed by atoms with E-state index in [2.05, 4.69) is 10.0 Å². The van der Waals surface area contributed by atoms with Gasteiger partial charge >= 0.3 is 0 Å². The van der Waals surface area contributed by atoms with Crippen LogP contribution in [0.1, 0.15) is 22.8 Å². The highest BCUT2D eigenvalue weighted by Crippen LogP contribution is 2.26. The molecule has 0 aliphatic carbocycles. The molecule has 0 saturated heterocycles. The molecule has 2 aromatic carbocycles. The molecule has 0 aromatic heterocycles. The van der Waals surface area contributed by atoms with Crippen LogP contribution in [0.4, 0.5) is 0 Å². The molecule has 0 unspecified atom stereocenters. The number of carbonyl (C=O) groups excluding carboxylic acids is 1. The van der Waals surface area contributed by atoms with Crippen molar-refractivity contribution in [3.63, 3.8) is 0 Å². The van der Waals surface area contributed by atoms with E-state index in [1.807, 2.05) is 0 Å². The summed E-state index contributed by atoms with van der Waals surface area (Å²) >= 11 is 0. The van der Waals surface area contributed by atoms with Gasteiger partial charge in [0.05, 0.1) is 31.8 Å². The number of benzene rings is 2. The van der Waals surface area contributed by atoms with Crippen LogP contribution < -0.4 is 24.2 Å². The lowest BCUT2D eigenvalue weighted by Gasteiger charge is -2.13. The van der Waals surface area contributed by atoms with Crippen LogP contribution in [0.5, 0.6) is 17.2 Å². The Hall–Kier alpha value is -2.78. The van der Waals surface area contributed by atoms with Crippen LogP contribution in [-0.2, 0) is 16.6 Å². The van der Waals surface area contributed by atoms with E-state index in [0.717, 1.165) is 0 Å². The zero-order chi connectivity index (χ0) is 20.7. The van der Waals surface area contributed by atoms with Crippen LogP contribution in [0.3, 0.4) is 0 Å². The minimum absolute atomic E-state index is 0.0119. The summed E-state index contributed by atoms with van der Waals surface area (Å²) in [5, 5.41) is 2.64. The van der Waals surface area contributed by atoms with Crippen LogP contribution in [0.2, 0.25) is 0 Å². The van der Waals surface area contributed by atoms with Crippen LogP contribution in [-0.4, -0.2) is 42.2 Å². The summed E-state index contributed by atoms with van der Waals surface area (Å²) in [7, 11) is 0.579. The smallest absolute Gasteiger partial charge is 0.255 e. The molecule has 0 atom stereocenters. The number of carbonyl (C=O) groups is 1. The molecule has 0 bridgehead atoms. The summed E-state index contributed by atoms with van der Waals surface area (Å²) < 4.78 is 43.5. The van der Waals surface area contributed by atoms with Crippen LogP contribution in [0, 0.1) is 0 Å². The van der Waals surface area contributed by atoms with Gasteiger partial charge in [0.1, 0.15) is 17.2 Å². The van der Waals surface area contributed by atoms with Gasteiger partial charge in [0.15, 0.2) is 0 Å². The molecule has 1 amide bonds. The first-order valence-electron chi connectivity index (χ1n) is 8.53. The Kier molecular flexibility index (Phi) is 7.24. The summed E-state index contributed by atoms with van der Waals surface area (Å²) in [6.45, 7) is 2.20. The first kappa shape index (κ1) is 21.5. The highest BCUT2D eigenvalue weighted by atomic mass is 32.2. The van der Waals surface area contributed by atoms with Gasteiger partial charge in [-0.1, -0.05) is 6.07 Å². The van der Waals surface area contributed by atoms with Gasteiger partial charge in [-0.2, -0.15) is 0 Å². The minimum Gasteiger partial charge on any atom is -0.497 e. The Morgan fingerprint density at radius 1 is 0.964 bits per heavy atom. The summed E-state index contributed by atoms with van der Waals surface area (Å²) in [4.78, 5) is 12.2. The molecule has 8 nitrogen and oxygen atoms in total. The van der Waals surface area contributed by atoms with E-state index in [-0.39, 0.29) is 17.0 Å². The molecule has 28 heavy (non-hydrogen) atoms. The number of methoxy groups -OCH3 is 3. The maximum Gasteiger partial charge on any atom is 0.255 e. The largest absolute Gasteiger partial charge is 0.497 e. The Balaban J connectivity index is 2.28. The summed E-state index contributed by atoms with van der Waals surface area (Å²) in [5.74, 6) is 0.986. The Morgan fingerprint density at radius 3 is 2.29 bits per heavy atom. The third kappa shape index (κ3) is 4.93. The van der Waals surface area contributed by atoms with E-state index in [9.17, 15) is 13.2 Å². The molecule has 9 heteroatoms. The van der Waals surface area contributed by atoms with Gasteiger partial charge in [-0.05, 0) is 31.2 Å². The molecular weight excluding hydrogens is 384 g/mol. The molecule has 0 aliphatic rings. The van der Waals surface area contributed by atoms with Gasteiger partial charge in [0, 0.05) is 24.7 Å². The van der Waals surface area contributed by atoms with Crippen molar-refractivity contribution >= 4 is 15.9 Å². The van der Waals surface area contributed by atoms with E-state index >= 15 is 0 Å². The van der Waals surface area contributed by atoms with E-state index in [0.29, 0.717) is 29.4 Å². The van der Waals surface area contributed by atoms with Crippen molar-refractivity contribution in [2.24, 2.45) is 0 Å². The van der Waals surface area contributed by atoms with Gasteiger partial charge in [-0.25, -0.2) is 13.1 Å². The van der Waals surface area contributed by atoms with Crippen molar-refractivity contribution in [3.05, 3.63) is 47.5 Å². The molecule has 0 heterocycles. The Bertz CT molecular complexity index is 943. The lowest BCUT2D eigenvalue weighted by atomic mass is 10.2. The summed E-state index contributed by atoms with van der Waals surface area (Å²) in [6, 6.07) is 9.23. The fourth-order valence-corrected chi connectivity index (χ4v) is 3.57. The van der Waals surface area contributed by atoms with Crippen molar-refractivity contribution in [3.8, 4) is 17.2 Å². The number of ether oxygens (including phenoxy) is 3. The van der Waals surface area contributed by atoms with Crippen LogP contribution >= 0.6 is 0 Å². The lowest BCUT2D eigenvalue weighted by molar-refractivity contribution is 0.0952. The fourth-order valence-electron chi connectivity index (χ4n) is 2.54. The minimum atomic E-state index is -3.87. The zero-order valence-electron chi connectivity index (χ0n) is 16.2. The van der Waals surface area contributed by atoms with Crippen molar-refractivity contribution < 1.29 is 27.4 Å². The average molecular weight is 408 g/mol. The predicted molar refractivity (Wildman–Crippen MR) is 105 cm³/mol. The van der Waals surface area contributed by atoms with Crippen molar-refractivity contribution in [2.45, 2.75) is 18.4 Å². The SMILES string of the molecule is CCNC(=O)c1cc(S(=O)(=O)NCc2ccc(OC)cc2OC)ccc1OC. The number of rotatable bonds is 9. The van der Waals surface area contributed by atoms with Crippen molar-refractivity contribution in [1.82, 2.24) is 10.0 Å². The lowest BCUT2D eigenvalue weighted by Crippen LogP contribution is -2.26. The number of amides is 1. The number of hydrogen-bond donors (Lipinski definition) is 2. The third-order valence-electron chi connectivity index (χ3n) is 4.01. The standard InChI is InChI=1S/C19H24N2O6S/c1-5-20-19(22)16-11-15(8-9-17(16)26-3)28(23,24)21-12-13-6-7-14(25-2)10-18(13)27-4/h6-11,21H,5,12H2,1-4H3,(H,20,22). The van der Waals surface area contributed by atoms with Crippen LogP contribution in [0.25, 0.3) is 0 Å². The van der Waals surface area contributed by atoms with E-state index in [4.69, 9.17) is 14.2 Å². The molecule has 2 N–H and O–H groups in total. The molecule has 0 spiro atoms. The Morgan fingerprint density at radius 2 is 1.68 bits per heavy atom. The molecule has 0 saturated carbocycles. The summed E-state index contributed by atoms with van der Waals surface area (Å²) in [6.07, 6.45) is 0. The fraction of sp³-hybridized carbons (Fsp3) is 0.316. The summed E-state index contributed by atoms with van der Waals surface area (Å²) in [5.41, 5.74) is 0.790. The molecule has 2 aromatic rings. The van der Waals surface area contributed by atoms with Crippen LogP contribution in [0.15, 0.2) is 41.3 Å². The molecule has 2 rings (SSSR count). The zero-order valence-corrected chi connectivity index (χ0v) is 17.1. The quantitative estimate of drug-likeness (QED) is 0.657. The van der Waals surface area contributed by atoms with E-state index < -0.39 is 15.9 Å². The molecule has 152 valence electrons. The highest BCUT2D eigenvalue weighted by molar-refractivity contribution is 7.89. The second kappa shape index (κ2) is 9.43. The molecule has 0 fully saturated rings. The van der Waals surface area contributed by atoms with E-state index in [1.54, 1.807) is 25.1 Å². The Labute approximate surface area is 164 Å². The maximum atomic E-state index is 12.7. The van der Waals surface area contributed by atoms with Gasteiger partial charge in [0.25, 0.3) is 5.91 Å². The monoisotopic (exact) mass is 408 g/mol. The molecule has 0 radical (unpaired) electrons. The van der Waals surface area contributed by atoms with Gasteiger partial charge in [0.2, 0.25) is 10.0 Å². The molecule has 0 aliphatic heterocycles. The topological polar surface area (TPSA) is 103 Å². The highest BCUT2D eigenvalue weighted by Gasteiger charge is 2.20. The van der Waals surface area contributed by atoms with Gasteiger partial charge in [-0.3, -0.25) is 4.79 Å². The average Bonchev–Trinajstić information content (AvgIpc) is 2.71. The second-order valence-electron chi connectivity index (χ2n) is 5.72. The van der Waals surface area contributed by atoms with Gasteiger partial charge < -0.3 is 19.5 Å².